The van der Waals surface area contributed by atoms with Gasteiger partial charge in [0.15, 0.2) is 0 Å². The Balaban J connectivity index is 0.00000147. The first kappa shape index (κ1) is 15.6. The highest BCUT2D eigenvalue weighted by Gasteiger charge is 2.24. The molecule has 112 valence electrons. The standard InChI is InChI=1S/C16H25N3.ClH/c17-8-12-18-9-5-14(6-10-18)13-19-11-7-15-3-1-2-4-16(15)19;/h1-4,14H,5-13,17H2;1H. The lowest BCUT2D eigenvalue weighted by molar-refractivity contribution is 0.191. The van der Waals surface area contributed by atoms with Gasteiger partial charge in [-0.05, 0) is 49.9 Å². The van der Waals surface area contributed by atoms with Gasteiger partial charge in [-0.2, -0.15) is 0 Å². The lowest BCUT2D eigenvalue weighted by Crippen LogP contribution is -2.40. The van der Waals surface area contributed by atoms with E-state index in [1.54, 1.807) is 0 Å². The fourth-order valence-corrected chi connectivity index (χ4v) is 3.48. The summed E-state index contributed by atoms with van der Waals surface area (Å²) < 4.78 is 0. The molecule has 0 saturated carbocycles. The van der Waals surface area contributed by atoms with Gasteiger partial charge in [-0.3, -0.25) is 0 Å². The normalized spacial score (nSPS) is 19.8. The quantitative estimate of drug-likeness (QED) is 0.924. The highest BCUT2D eigenvalue weighted by atomic mass is 35.5. The molecule has 0 radical (unpaired) electrons. The minimum absolute atomic E-state index is 0. The third-order valence-electron chi connectivity index (χ3n) is 4.61. The van der Waals surface area contributed by atoms with Crippen LogP contribution in [0.2, 0.25) is 0 Å². The van der Waals surface area contributed by atoms with Gasteiger partial charge in [0.05, 0.1) is 0 Å². The summed E-state index contributed by atoms with van der Waals surface area (Å²) in [6.07, 6.45) is 3.89. The van der Waals surface area contributed by atoms with Crippen LogP contribution in [0, 0.1) is 5.92 Å². The van der Waals surface area contributed by atoms with E-state index in [0.717, 1.165) is 19.0 Å². The summed E-state index contributed by atoms with van der Waals surface area (Å²) in [5.41, 5.74) is 8.64. The number of anilines is 1. The Kier molecular flexibility index (Phi) is 5.70. The molecule has 20 heavy (non-hydrogen) atoms. The van der Waals surface area contributed by atoms with Crippen LogP contribution in [-0.4, -0.2) is 44.2 Å². The maximum absolute atomic E-state index is 5.63. The molecule has 2 N–H and O–H groups in total. The highest BCUT2D eigenvalue weighted by molar-refractivity contribution is 5.85. The monoisotopic (exact) mass is 295 g/mol. The number of para-hydroxylation sites is 1. The zero-order chi connectivity index (χ0) is 13.1. The first-order chi connectivity index (χ1) is 9.36. The van der Waals surface area contributed by atoms with Crippen molar-refractivity contribution in [2.45, 2.75) is 19.3 Å². The van der Waals surface area contributed by atoms with Crippen molar-refractivity contribution in [2.75, 3.05) is 44.2 Å². The Morgan fingerprint density at radius 3 is 2.60 bits per heavy atom. The Bertz CT molecular complexity index is 416. The van der Waals surface area contributed by atoms with Crippen LogP contribution >= 0.6 is 12.4 Å². The number of halogens is 1. The average molecular weight is 296 g/mol. The van der Waals surface area contributed by atoms with Crippen molar-refractivity contribution in [2.24, 2.45) is 11.7 Å². The van der Waals surface area contributed by atoms with Gasteiger partial charge < -0.3 is 15.5 Å². The molecular formula is C16H26ClN3. The second-order valence-corrected chi connectivity index (χ2v) is 5.90. The summed E-state index contributed by atoms with van der Waals surface area (Å²) in [6, 6.07) is 8.89. The number of nitrogens with two attached hydrogens (primary N) is 1. The second-order valence-electron chi connectivity index (χ2n) is 5.90. The lowest BCUT2D eigenvalue weighted by Gasteiger charge is -2.34. The van der Waals surface area contributed by atoms with E-state index < -0.39 is 0 Å². The first-order valence-electron chi connectivity index (χ1n) is 7.62. The van der Waals surface area contributed by atoms with Crippen molar-refractivity contribution in [3.63, 3.8) is 0 Å². The molecule has 1 aromatic carbocycles. The molecule has 0 unspecified atom stereocenters. The molecule has 0 amide bonds. The van der Waals surface area contributed by atoms with Crippen LogP contribution in [0.5, 0.6) is 0 Å². The molecule has 1 saturated heterocycles. The molecule has 2 aliphatic heterocycles. The number of fused-ring (bicyclic) bond motifs is 1. The fraction of sp³-hybridized carbons (Fsp3) is 0.625. The predicted molar refractivity (Wildman–Crippen MR) is 87.8 cm³/mol. The van der Waals surface area contributed by atoms with Gasteiger partial charge in [0.2, 0.25) is 0 Å². The van der Waals surface area contributed by atoms with Gasteiger partial charge in [-0.1, -0.05) is 18.2 Å². The van der Waals surface area contributed by atoms with Crippen molar-refractivity contribution >= 4 is 18.1 Å². The molecule has 3 nitrogen and oxygen atoms in total. The number of benzene rings is 1. The van der Waals surface area contributed by atoms with Crippen LogP contribution in [0.1, 0.15) is 18.4 Å². The highest BCUT2D eigenvalue weighted by Crippen LogP contribution is 2.29. The van der Waals surface area contributed by atoms with E-state index in [-0.39, 0.29) is 12.4 Å². The second kappa shape index (κ2) is 7.30. The van der Waals surface area contributed by atoms with E-state index in [0.29, 0.717) is 0 Å². The van der Waals surface area contributed by atoms with Gasteiger partial charge in [0, 0.05) is 31.9 Å². The molecule has 0 bridgehead atoms. The lowest BCUT2D eigenvalue weighted by atomic mass is 9.96. The number of rotatable bonds is 4. The van der Waals surface area contributed by atoms with Gasteiger partial charge in [0.25, 0.3) is 0 Å². The third kappa shape index (κ3) is 3.46. The Hall–Kier alpha value is -0.770. The maximum atomic E-state index is 5.63. The fourth-order valence-electron chi connectivity index (χ4n) is 3.48. The van der Waals surface area contributed by atoms with Crippen molar-refractivity contribution in [1.82, 2.24) is 4.90 Å². The molecule has 3 rings (SSSR count). The van der Waals surface area contributed by atoms with Crippen LogP contribution in [0.4, 0.5) is 5.69 Å². The Labute approximate surface area is 128 Å². The topological polar surface area (TPSA) is 32.5 Å². The van der Waals surface area contributed by atoms with E-state index in [2.05, 4.69) is 34.1 Å². The summed E-state index contributed by atoms with van der Waals surface area (Å²) in [4.78, 5) is 5.10. The Morgan fingerprint density at radius 1 is 1.10 bits per heavy atom. The molecular weight excluding hydrogens is 270 g/mol. The van der Waals surface area contributed by atoms with Crippen LogP contribution in [0.15, 0.2) is 24.3 Å². The molecule has 1 fully saturated rings. The minimum atomic E-state index is 0. The maximum Gasteiger partial charge on any atom is 0.0399 e. The minimum Gasteiger partial charge on any atom is -0.371 e. The van der Waals surface area contributed by atoms with E-state index >= 15 is 0 Å². The van der Waals surface area contributed by atoms with Gasteiger partial charge in [-0.25, -0.2) is 0 Å². The number of piperidine rings is 1. The summed E-state index contributed by atoms with van der Waals surface area (Å²) in [7, 11) is 0. The average Bonchev–Trinajstić information content (AvgIpc) is 2.85. The summed E-state index contributed by atoms with van der Waals surface area (Å²) in [5.74, 6) is 0.861. The largest absolute Gasteiger partial charge is 0.371 e. The first-order valence-corrected chi connectivity index (χ1v) is 7.62. The smallest absolute Gasteiger partial charge is 0.0399 e. The van der Waals surface area contributed by atoms with Gasteiger partial charge >= 0.3 is 0 Å². The molecule has 4 heteroatoms. The number of nitrogens with zero attached hydrogens (tertiary/aromatic N) is 2. The van der Waals surface area contributed by atoms with Gasteiger partial charge in [-0.15, -0.1) is 12.4 Å². The van der Waals surface area contributed by atoms with E-state index in [1.807, 2.05) is 0 Å². The molecule has 0 aromatic heterocycles. The summed E-state index contributed by atoms with van der Waals surface area (Å²) in [6.45, 7) is 6.79. The van der Waals surface area contributed by atoms with Crippen LogP contribution in [0.25, 0.3) is 0 Å². The van der Waals surface area contributed by atoms with Crippen LogP contribution in [0.3, 0.4) is 0 Å². The van der Waals surface area contributed by atoms with E-state index in [4.69, 9.17) is 5.73 Å². The Morgan fingerprint density at radius 2 is 1.85 bits per heavy atom. The number of hydrogen-bond donors (Lipinski definition) is 1. The predicted octanol–water partition coefficient (Wildman–Crippen LogP) is 2.14. The van der Waals surface area contributed by atoms with Crippen molar-refractivity contribution in [1.29, 1.82) is 0 Å². The molecule has 0 atom stereocenters. The van der Waals surface area contributed by atoms with Crippen molar-refractivity contribution in [3.8, 4) is 0 Å². The molecule has 1 aromatic rings. The zero-order valence-electron chi connectivity index (χ0n) is 12.1. The number of hydrogen-bond acceptors (Lipinski definition) is 3. The third-order valence-corrected chi connectivity index (χ3v) is 4.61. The van der Waals surface area contributed by atoms with Crippen LogP contribution < -0.4 is 10.6 Å². The van der Waals surface area contributed by atoms with Crippen molar-refractivity contribution < 1.29 is 0 Å². The SMILES string of the molecule is Cl.NCCN1CCC(CN2CCc3ccccc32)CC1. The van der Waals surface area contributed by atoms with Crippen LogP contribution in [-0.2, 0) is 6.42 Å². The molecule has 0 spiro atoms. The zero-order valence-corrected chi connectivity index (χ0v) is 12.9. The van der Waals surface area contributed by atoms with Gasteiger partial charge in [0.1, 0.15) is 0 Å². The van der Waals surface area contributed by atoms with Crippen molar-refractivity contribution in [3.05, 3.63) is 29.8 Å². The summed E-state index contributed by atoms with van der Waals surface area (Å²) >= 11 is 0. The summed E-state index contributed by atoms with van der Waals surface area (Å²) in [5, 5.41) is 0. The molecule has 2 heterocycles. The van der Waals surface area contributed by atoms with E-state index in [9.17, 15) is 0 Å². The number of likely N-dealkylation sites (tertiary alicyclic amines) is 1. The molecule has 0 aliphatic carbocycles. The molecule has 2 aliphatic rings. The van der Waals surface area contributed by atoms with E-state index in [1.165, 1.54) is 56.7 Å².